The molecule has 2 N–H and O–H groups in total. The Bertz CT molecular complexity index is 446. The normalized spacial score (nSPS) is 20.8. The van der Waals surface area contributed by atoms with Gasteiger partial charge in [0.25, 0.3) is 0 Å². The second kappa shape index (κ2) is 8.23. The number of benzene rings is 1. The van der Waals surface area contributed by atoms with E-state index in [4.69, 9.17) is 0 Å². The molecule has 3 nitrogen and oxygen atoms in total. The first-order valence-electron chi connectivity index (χ1n) is 7.50. The van der Waals surface area contributed by atoms with Crippen molar-refractivity contribution in [1.29, 1.82) is 0 Å². The van der Waals surface area contributed by atoms with Crippen LogP contribution in [-0.4, -0.2) is 36.2 Å². The summed E-state index contributed by atoms with van der Waals surface area (Å²) < 4.78 is 0. The molecule has 3 rings (SSSR count). The third-order valence-corrected chi connectivity index (χ3v) is 4.65. The smallest absolute Gasteiger partial charge is 0.120 e. The summed E-state index contributed by atoms with van der Waals surface area (Å²) >= 11 is 0. The zero-order chi connectivity index (χ0) is 13.2. The third kappa shape index (κ3) is 4.04. The van der Waals surface area contributed by atoms with Crippen LogP contribution in [0.15, 0.2) is 18.2 Å². The summed E-state index contributed by atoms with van der Waals surface area (Å²) in [6.07, 6.45) is 3.96. The van der Waals surface area contributed by atoms with E-state index in [1.807, 2.05) is 13.0 Å². The number of hydrogen-bond donors (Lipinski definition) is 2. The van der Waals surface area contributed by atoms with Gasteiger partial charge in [-0.2, -0.15) is 0 Å². The lowest BCUT2D eigenvalue weighted by Gasteiger charge is -2.43. The fourth-order valence-corrected chi connectivity index (χ4v) is 3.37. The summed E-state index contributed by atoms with van der Waals surface area (Å²) in [5.74, 6) is 1.21. The van der Waals surface area contributed by atoms with Crippen molar-refractivity contribution in [2.24, 2.45) is 5.92 Å². The second-order valence-electron chi connectivity index (χ2n) is 5.98. The van der Waals surface area contributed by atoms with Crippen molar-refractivity contribution in [2.75, 3.05) is 26.2 Å². The van der Waals surface area contributed by atoms with Crippen LogP contribution < -0.4 is 5.32 Å². The average molecular weight is 333 g/mol. The summed E-state index contributed by atoms with van der Waals surface area (Å²) in [5, 5.41) is 13.7. The molecule has 0 bridgehead atoms. The van der Waals surface area contributed by atoms with Crippen molar-refractivity contribution in [3.05, 3.63) is 29.3 Å². The number of phenols is 1. The fourth-order valence-electron chi connectivity index (χ4n) is 3.37. The highest BCUT2D eigenvalue weighted by Crippen LogP contribution is 2.44. The van der Waals surface area contributed by atoms with Gasteiger partial charge in [-0.15, -0.1) is 24.8 Å². The van der Waals surface area contributed by atoms with Crippen LogP contribution in [0.3, 0.4) is 0 Å². The van der Waals surface area contributed by atoms with Crippen molar-refractivity contribution in [1.82, 2.24) is 10.2 Å². The SMILES string of the molecule is Cc1ccc([C@H](C2CCC2)N2CCNCC2)c(O)c1.Cl.Cl. The number of phenolic OH excluding ortho intramolecular Hbond substituents is 1. The summed E-state index contributed by atoms with van der Waals surface area (Å²) in [6, 6.07) is 6.58. The summed E-state index contributed by atoms with van der Waals surface area (Å²) in [5.41, 5.74) is 2.27. The van der Waals surface area contributed by atoms with Gasteiger partial charge in [0.05, 0.1) is 0 Å². The lowest BCUT2D eigenvalue weighted by molar-refractivity contribution is 0.0819. The maximum Gasteiger partial charge on any atom is 0.120 e. The van der Waals surface area contributed by atoms with Crippen LogP contribution in [0.4, 0.5) is 0 Å². The Morgan fingerprint density at radius 3 is 2.38 bits per heavy atom. The number of piperazine rings is 1. The molecule has 1 aliphatic heterocycles. The molecule has 5 heteroatoms. The molecule has 21 heavy (non-hydrogen) atoms. The van der Waals surface area contributed by atoms with Gasteiger partial charge in [-0.25, -0.2) is 0 Å². The van der Waals surface area contributed by atoms with Gasteiger partial charge in [0.15, 0.2) is 0 Å². The van der Waals surface area contributed by atoms with Gasteiger partial charge in [-0.05, 0) is 37.3 Å². The number of nitrogens with zero attached hydrogens (tertiary/aromatic N) is 1. The van der Waals surface area contributed by atoms with Gasteiger partial charge in [0.2, 0.25) is 0 Å². The number of halogens is 2. The monoisotopic (exact) mass is 332 g/mol. The van der Waals surface area contributed by atoms with Crippen molar-refractivity contribution in [3.8, 4) is 5.75 Å². The fraction of sp³-hybridized carbons (Fsp3) is 0.625. The molecule has 1 aliphatic carbocycles. The zero-order valence-electron chi connectivity index (χ0n) is 12.5. The predicted octanol–water partition coefficient (Wildman–Crippen LogP) is 3.29. The molecule has 0 amide bonds. The van der Waals surface area contributed by atoms with E-state index in [9.17, 15) is 5.11 Å². The lowest BCUT2D eigenvalue weighted by Crippen LogP contribution is -2.47. The molecule has 1 atom stereocenters. The van der Waals surface area contributed by atoms with Crippen LogP contribution in [0.5, 0.6) is 5.75 Å². The first kappa shape index (κ1) is 18.6. The molecule has 2 fully saturated rings. The molecule has 1 aromatic carbocycles. The zero-order valence-corrected chi connectivity index (χ0v) is 14.2. The Balaban J connectivity index is 0.00000110. The molecule has 0 aromatic heterocycles. The Kier molecular flexibility index (Phi) is 7.28. The highest BCUT2D eigenvalue weighted by Gasteiger charge is 2.34. The largest absolute Gasteiger partial charge is 0.508 e. The number of hydrogen-bond acceptors (Lipinski definition) is 3. The molecule has 2 aliphatic rings. The first-order chi connectivity index (χ1) is 9.25. The molecule has 0 spiro atoms. The van der Waals surface area contributed by atoms with Gasteiger partial charge >= 0.3 is 0 Å². The molecule has 1 heterocycles. The minimum atomic E-state index is 0. The van der Waals surface area contributed by atoms with Gasteiger partial charge in [-0.1, -0.05) is 18.6 Å². The molecular weight excluding hydrogens is 307 g/mol. The Morgan fingerprint density at radius 2 is 1.86 bits per heavy atom. The summed E-state index contributed by atoms with van der Waals surface area (Å²) in [6.45, 7) is 6.35. The molecule has 0 unspecified atom stereocenters. The predicted molar refractivity (Wildman–Crippen MR) is 91.9 cm³/mol. The van der Waals surface area contributed by atoms with Crippen LogP contribution >= 0.6 is 24.8 Å². The average Bonchev–Trinajstić information content (AvgIpc) is 2.35. The standard InChI is InChI=1S/C16H24N2O.2ClH/c1-12-5-6-14(15(19)11-12)16(13-3-2-4-13)18-9-7-17-8-10-18;;/h5-6,11,13,16-17,19H,2-4,7-10H2,1H3;2*1H/t16-;;/m0../s1. The van der Waals surface area contributed by atoms with E-state index in [0.29, 0.717) is 11.8 Å². The third-order valence-electron chi connectivity index (χ3n) is 4.65. The summed E-state index contributed by atoms with van der Waals surface area (Å²) in [7, 11) is 0. The Hall–Kier alpha value is -0.480. The maximum atomic E-state index is 10.3. The molecule has 0 radical (unpaired) electrons. The van der Waals surface area contributed by atoms with Crippen LogP contribution in [0.1, 0.15) is 36.4 Å². The molecule has 1 saturated carbocycles. The van der Waals surface area contributed by atoms with Gasteiger partial charge in [-0.3, -0.25) is 4.90 Å². The number of aryl methyl sites for hydroxylation is 1. The summed E-state index contributed by atoms with van der Waals surface area (Å²) in [4.78, 5) is 2.56. The number of rotatable bonds is 3. The van der Waals surface area contributed by atoms with Crippen LogP contribution in [0, 0.1) is 12.8 Å². The molecule has 120 valence electrons. The van der Waals surface area contributed by atoms with E-state index in [1.165, 1.54) is 19.3 Å². The first-order valence-corrected chi connectivity index (χ1v) is 7.50. The van der Waals surface area contributed by atoms with Crippen molar-refractivity contribution in [3.63, 3.8) is 0 Å². The maximum absolute atomic E-state index is 10.3. The topological polar surface area (TPSA) is 35.5 Å². The van der Waals surface area contributed by atoms with Gasteiger partial charge < -0.3 is 10.4 Å². The van der Waals surface area contributed by atoms with Crippen LogP contribution in [-0.2, 0) is 0 Å². The van der Waals surface area contributed by atoms with E-state index in [2.05, 4.69) is 22.3 Å². The van der Waals surface area contributed by atoms with Crippen LogP contribution in [0.2, 0.25) is 0 Å². The Morgan fingerprint density at radius 1 is 1.19 bits per heavy atom. The highest BCUT2D eigenvalue weighted by atomic mass is 35.5. The van der Waals surface area contributed by atoms with E-state index in [0.717, 1.165) is 43.2 Å². The molecular formula is C16H26Cl2N2O. The quantitative estimate of drug-likeness (QED) is 0.891. The second-order valence-corrected chi connectivity index (χ2v) is 5.98. The van der Waals surface area contributed by atoms with Gasteiger partial charge in [0.1, 0.15) is 5.75 Å². The van der Waals surface area contributed by atoms with Gasteiger partial charge in [0, 0.05) is 37.8 Å². The Labute approximate surface area is 139 Å². The van der Waals surface area contributed by atoms with E-state index < -0.39 is 0 Å². The van der Waals surface area contributed by atoms with E-state index in [1.54, 1.807) is 0 Å². The highest BCUT2D eigenvalue weighted by molar-refractivity contribution is 5.85. The molecule has 1 aromatic rings. The number of nitrogens with one attached hydrogen (secondary N) is 1. The lowest BCUT2D eigenvalue weighted by atomic mass is 9.76. The van der Waals surface area contributed by atoms with E-state index >= 15 is 0 Å². The number of aromatic hydroxyl groups is 1. The molecule has 1 saturated heterocycles. The van der Waals surface area contributed by atoms with Crippen LogP contribution in [0.25, 0.3) is 0 Å². The van der Waals surface area contributed by atoms with E-state index in [-0.39, 0.29) is 24.8 Å². The van der Waals surface area contributed by atoms with Crippen molar-refractivity contribution < 1.29 is 5.11 Å². The van der Waals surface area contributed by atoms with Crippen molar-refractivity contribution in [2.45, 2.75) is 32.2 Å². The minimum absolute atomic E-state index is 0. The van der Waals surface area contributed by atoms with Crippen molar-refractivity contribution >= 4 is 24.8 Å². The minimum Gasteiger partial charge on any atom is -0.508 e.